The zero-order valence-electron chi connectivity index (χ0n) is 17.1. The van der Waals surface area contributed by atoms with Crippen molar-refractivity contribution in [2.24, 2.45) is 4.99 Å². The standard InChI is InChI=1S/C24H26N2O3/c1-5-6-7-13-26-22(17-25)21(15-18-9-8-10-20(14-18)27-2)19-11-12-23(28-3)24(16-19)29-4/h5,8-12,14-16H,1,6-7,13H2,2-4H3/b21-15+,26-22-. The molecule has 0 radical (unpaired) electrons. The van der Waals surface area contributed by atoms with Gasteiger partial charge in [-0.15, -0.1) is 6.58 Å². The minimum absolute atomic E-state index is 0.365. The van der Waals surface area contributed by atoms with Gasteiger partial charge in [0.2, 0.25) is 0 Å². The van der Waals surface area contributed by atoms with Crippen LogP contribution in [0.1, 0.15) is 24.0 Å². The number of nitrogens with zero attached hydrogens (tertiary/aromatic N) is 2. The molecule has 0 aliphatic carbocycles. The fraction of sp³-hybridized carbons (Fsp3) is 0.250. The van der Waals surface area contributed by atoms with Crippen LogP contribution >= 0.6 is 0 Å². The van der Waals surface area contributed by atoms with E-state index in [9.17, 15) is 5.26 Å². The SMILES string of the molecule is C=CCCC/N=C(C#N)\C(=C\c1cccc(OC)c1)c1ccc(OC)c(OC)c1. The largest absolute Gasteiger partial charge is 0.497 e. The van der Waals surface area contributed by atoms with Gasteiger partial charge in [0.15, 0.2) is 11.5 Å². The molecule has 0 aliphatic rings. The highest BCUT2D eigenvalue weighted by atomic mass is 16.5. The van der Waals surface area contributed by atoms with Crippen molar-refractivity contribution in [2.45, 2.75) is 12.8 Å². The van der Waals surface area contributed by atoms with Gasteiger partial charge in [-0.3, -0.25) is 4.99 Å². The van der Waals surface area contributed by atoms with E-state index in [4.69, 9.17) is 14.2 Å². The van der Waals surface area contributed by atoms with Crippen LogP contribution in [0.4, 0.5) is 0 Å². The molecule has 0 aliphatic heterocycles. The number of nitriles is 1. The first-order chi connectivity index (χ1) is 14.2. The molecule has 0 N–H and O–H groups in total. The van der Waals surface area contributed by atoms with E-state index in [-0.39, 0.29) is 0 Å². The van der Waals surface area contributed by atoms with Gasteiger partial charge in [0.1, 0.15) is 17.5 Å². The van der Waals surface area contributed by atoms with Gasteiger partial charge >= 0.3 is 0 Å². The lowest BCUT2D eigenvalue weighted by atomic mass is 9.98. The molecular formula is C24H26N2O3. The molecule has 2 aromatic carbocycles. The summed E-state index contributed by atoms with van der Waals surface area (Å²) in [6.45, 7) is 4.28. The van der Waals surface area contributed by atoms with Crippen molar-refractivity contribution >= 4 is 17.4 Å². The summed E-state index contributed by atoms with van der Waals surface area (Å²) in [6, 6.07) is 15.5. The van der Waals surface area contributed by atoms with Crippen LogP contribution in [0.3, 0.4) is 0 Å². The highest BCUT2D eigenvalue weighted by molar-refractivity contribution is 6.34. The number of methoxy groups -OCH3 is 3. The second-order valence-electron chi connectivity index (χ2n) is 6.18. The minimum Gasteiger partial charge on any atom is -0.497 e. The maximum atomic E-state index is 9.80. The Morgan fingerprint density at radius 2 is 1.86 bits per heavy atom. The number of benzene rings is 2. The third-order valence-corrected chi connectivity index (χ3v) is 4.30. The maximum absolute atomic E-state index is 9.80. The summed E-state index contributed by atoms with van der Waals surface area (Å²) in [5.41, 5.74) is 2.79. The molecule has 0 spiro atoms. The molecule has 0 saturated carbocycles. The average molecular weight is 390 g/mol. The molecule has 0 heterocycles. The minimum atomic E-state index is 0.365. The van der Waals surface area contributed by atoms with Crippen LogP contribution in [0.15, 0.2) is 60.1 Å². The summed E-state index contributed by atoms with van der Waals surface area (Å²) in [4.78, 5) is 4.53. The highest BCUT2D eigenvalue weighted by Crippen LogP contribution is 2.32. The Balaban J connectivity index is 2.57. The Morgan fingerprint density at radius 1 is 1.07 bits per heavy atom. The molecule has 5 nitrogen and oxygen atoms in total. The number of hydrogen-bond acceptors (Lipinski definition) is 5. The molecule has 2 rings (SSSR count). The van der Waals surface area contributed by atoms with E-state index >= 15 is 0 Å². The van der Waals surface area contributed by atoms with E-state index in [1.165, 1.54) is 0 Å². The Kier molecular flexibility index (Phi) is 8.52. The average Bonchev–Trinajstić information content (AvgIpc) is 2.77. The Morgan fingerprint density at radius 3 is 2.52 bits per heavy atom. The van der Waals surface area contributed by atoms with Crippen LogP contribution in [-0.2, 0) is 0 Å². The summed E-state index contributed by atoms with van der Waals surface area (Å²) in [6.07, 6.45) is 5.47. The summed E-state index contributed by atoms with van der Waals surface area (Å²) in [5.74, 6) is 1.95. The van der Waals surface area contributed by atoms with Crippen LogP contribution in [-0.4, -0.2) is 33.6 Å². The molecule has 150 valence electrons. The quantitative estimate of drug-likeness (QED) is 0.243. The molecule has 29 heavy (non-hydrogen) atoms. The van der Waals surface area contributed by atoms with Crippen molar-refractivity contribution < 1.29 is 14.2 Å². The monoisotopic (exact) mass is 390 g/mol. The molecule has 0 fully saturated rings. The van der Waals surface area contributed by atoms with Gasteiger partial charge < -0.3 is 14.2 Å². The zero-order valence-corrected chi connectivity index (χ0v) is 17.1. The first-order valence-corrected chi connectivity index (χ1v) is 9.30. The van der Waals surface area contributed by atoms with E-state index in [1.807, 2.05) is 54.6 Å². The van der Waals surface area contributed by atoms with Gasteiger partial charge in [-0.25, -0.2) is 0 Å². The maximum Gasteiger partial charge on any atom is 0.161 e. The second-order valence-corrected chi connectivity index (χ2v) is 6.18. The van der Waals surface area contributed by atoms with E-state index in [0.717, 1.165) is 29.7 Å². The fourth-order valence-electron chi connectivity index (χ4n) is 2.80. The van der Waals surface area contributed by atoms with Gasteiger partial charge in [0.25, 0.3) is 0 Å². The first-order valence-electron chi connectivity index (χ1n) is 9.30. The molecular weight excluding hydrogens is 364 g/mol. The van der Waals surface area contributed by atoms with E-state index in [0.29, 0.717) is 29.3 Å². The lowest BCUT2D eigenvalue weighted by Gasteiger charge is -2.12. The van der Waals surface area contributed by atoms with Crippen molar-refractivity contribution in [3.8, 4) is 23.3 Å². The number of allylic oxidation sites excluding steroid dienone is 2. The zero-order chi connectivity index (χ0) is 21.1. The topological polar surface area (TPSA) is 63.8 Å². The molecule has 0 saturated heterocycles. The van der Waals surface area contributed by atoms with E-state index in [2.05, 4.69) is 17.6 Å². The van der Waals surface area contributed by atoms with Gasteiger partial charge in [0, 0.05) is 12.1 Å². The lowest BCUT2D eigenvalue weighted by molar-refractivity contribution is 0.355. The van der Waals surface area contributed by atoms with Gasteiger partial charge in [-0.1, -0.05) is 24.3 Å². The smallest absolute Gasteiger partial charge is 0.161 e. The Hall–Kier alpha value is -3.52. The Bertz CT molecular complexity index is 939. The summed E-state index contributed by atoms with van der Waals surface area (Å²) >= 11 is 0. The van der Waals surface area contributed by atoms with Crippen LogP contribution in [0.5, 0.6) is 17.2 Å². The molecule has 0 unspecified atom stereocenters. The fourth-order valence-corrected chi connectivity index (χ4v) is 2.80. The molecule has 0 aromatic heterocycles. The number of unbranched alkanes of at least 4 members (excludes halogenated alkanes) is 1. The van der Waals surface area contributed by atoms with E-state index in [1.54, 1.807) is 21.3 Å². The third-order valence-electron chi connectivity index (χ3n) is 4.30. The summed E-state index contributed by atoms with van der Waals surface area (Å²) < 4.78 is 16.1. The van der Waals surface area contributed by atoms with Gasteiger partial charge in [0.05, 0.1) is 21.3 Å². The van der Waals surface area contributed by atoms with Crippen molar-refractivity contribution in [1.82, 2.24) is 0 Å². The van der Waals surface area contributed by atoms with Crippen LogP contribution in [0.25, 0.3) is 11.6 Å². The molecule has 0 atom stereocenters. The number of aliphatic imine (C=N–C) groups is 1. The number of hydrogen-bond donors (Lipinski definition) is 0. The van der Waals surface area contributed by atoms with Crippen molar-refractivity contribution in [2.75, 3.05) is 27.9 Å². The predicted octanol–water partition coefficient (Wildman–Crippen LogP) is 5.18. The predicted molar refractivity (Wildman–Crippen MR) is 118 cm³/mol. The van der Waals surface area contributed by atoms with Gasteiger partial charge in [-0.05, 0) is 54.3 Å². The molecule has 2 aromatic rings. The summed E-state index contributed by atoms with van der Waals surface area (Å²) in [5, 5.41) is 9.80. The first kappa shape index (κ1) is 21.8. The van der Waals surface area contributed by atoms with Crippen molar-refractivity contribution in [1.29, 1.82) is 5.26 Å². The molecule has 0 bridgehead atoms. The van der Waals surface area contributed by atoms with E-state index < -0.39 is 0 Å². The van der Waals surface area contributed by atoms with Crippen LogP contribution < -0.4 is 14.2 Å². The van der Waals surface area contributed by atoms with Crippen LogP contribution in [0, 0.1) is 11.3 Å². The number of ether oxygens (including phenoxy) is 3. The normalized spacial score (nSPS) is 11.5. The molecule has 0 amide bonds. The number of rotatable bonds is 10. The Labute approximate surface area is 172 Å². The third kappa shape index (κ3) is 5.98. The van der Waals surface area contributed by atoms with Gasteiger partial charge in [-0.2, -0.15) is 5.26 Å². The van der Waals surface area contributed by atoms with Crippen molar-refractivity contribution in [3.05, 3.63) is 66.2 Å². The lowest BCUT2D eigenvalue weighted by Crippen LogP contribution is -2.02. The second kappa shape index (κ2) is 11.4. The van der Waals surface area contributed by atoms with Crippen LogP contribution in [0.2, 0.25) is 0 Å². The van der Waals surface area contributed by atoms with Crippen molar-refractivity contribution in [3.63, 3.8) is 0 Å². The summed E-state index contributed by atoms with van der Waals surface area (Å²) in [7, 11) is 4.80. The molecule has 5 heteroatoms. The highest BCUT2D eigenvalue weighted by Gasteiger charge is 2.14.